The Bertz CT molecular complexity index is 796. The Kier molecular flexibility index (Phi) is 5.01. The van der Waals surface area contributed by atoms with E-state index in [1.807, 2.05) is 0 Å². The summed E-state index contributed by atoms with van der Waals surface area (Å²) in [6.07, 6.45) is 0. The first-order valence-corrected chi connectivity index (χ1v) is 8.90. The Morgan fingerprint density at radius 2 is 1.25 bits per heavy atom. The minimum absolute atomic E-state index is 0.302. The number of fused-ring (bicyclic) bond motifs is 1. The zero-order valence-electron chi connectivity index (χ0n) is 15.1. The van der Waals surface area contributed by atoms with Crippen LogP contribution in [0.1, 0.15) is 62.4 Å². The third-order valence-corrected chi connectivity index (χ3v) is 4.89. The van der Waals surface area contributed by atoms with E-state index in [4.69, 9.17) is 0 Å². The predicted octanol–water partition coefficient (Wildman–Crippen LogP) is 6.38. The number of hydrogen-bond donors (Lipinski definition) is 1. The van der Waals surface area contributed by atoms with Crippen molar-refractivity contribution < 1.29 is 0 Å². The number of hydrogen-bond acceptors (Lipinski definition) is 1. The minimum atomic E-state index is 0.302. The van der Waals surface area contributed by atoms with Gasteiger partial charge in [-0.05, 0) is 47.2 Å². The molecule has 0 bridgehead atoms. The normalized spacial score (nSPS) is 14.0. The Morgan fingerprint density at radius 1 is 0.625 bits per heavy atom. The van der Waals surface area contributed by atoms with Crippen molar-refractivity contribution in [1.29, 1.82) is 0 Å². The van der Waals surface area contributed by atoms with Crippen molar-refractivity contribution in [1.82, 2.24) is 5.32 Å². The zero-order valence-corrected chi connectivity index (χ0v) is 15.1. The average Bonchev–Trinajstić information content (AvgIpc) is 2.61. The van der Waals surface area contributed by atoms with Crippen molar-refractivity contribution in [3.63, 3.8) is 0 Å². The molecule has 0 unspecified atom stereocenters. The summed E-state index contributed by atoms with van der Waals surface area (Å²) in [6, 6.07) is 24.8. The molecule has 0 heterocycles. The number of benzene rings is 3. The topological polar surface area (TPSA) is 12.0 Å². The van der Waals surface area contributed by atoms with Crippen LogP contribution in [0, 0.1) is 0 Å². The second kappa shape index (κ2) is 7.19. The van der Waals surface area contributed by atoms with Gasteiger partial charge in [0.2, 0.25) is 0 Å². The molecular weight excluding hydrogens is 290 g/mol. The molecule has 0 fully saturated rings. The number of rotatable bonds is 5. The highest BCUT2D eigenvalue weighted by atomic mass is 14.9. The summed E-state index contributed by atoms with van der Waals surface area (Å²) in [6.45, 7) is 8.96. The molecule has 1 nitrogen and oxygen atoms in total. The van der Waals surface area contributed by atoms with Crippen molar-refractivity contribution in [3.05, 3.63) is 83.4 Å². The van der Waals surface area contributed by atoms with Crippen LogP contribution in [0.2, 0.25) is 0 Å². The van der Waals surface area contributed by atoms with Crippen LogP contribution < -0.4 is 5.32 Å². The van der Waals surface area contributed by atoms with Gasteiger partial charge in [0.15, 0.2) is 0 Å². The molecule has 0 spiro atoms. The Hall–Kier alpha value is -2.12. The van der Waals surface area contributed by atoms with Gasteiger partial charge in [0.25, 0.3) is 0 Å². The van der Waals surface area contributed by atoms with Gasteiger partial charge in [-0.1, -0.05) is 80.6 Å². The van der Waals surface area contributed by atoms with E-state index in [9.17, 15) is 0 Å². The summed E-state index contributed by atoms with van der Waals surface area (Å²) in [5, 5.41) is 6.39. The van der Waals surface area contributed by atoms with Crippen LogP contribution in [0.4, 0.5) is 0 Å². The first-order valence-electron chi connectivity index (χ1n) is 8.90. The van der Waals surface area contributed by atoms with E-state index in [1.165, 1.54) is 27.5 Å². The summed E-state index contributed by atoms with van der Waals surface area (Å²) in [5.74, 6) is 0.580. The molecule has 0 amide bonds. The smallest absolute Gasteiger partial charge is 0.0303 e. The molecule has 0 aromatic heterocycles. The summed E-state index contributed by atoms with van der Waals surface area (Å²) in [5.41, 5.74) is 4.10. The third-order valence-electron chi connectivity index (χ3n) is 4.89. The standard InChI is InChI=1S/C23H27N/c1-16(2)19-12-14-20(15-13-19)17(3)24-18(4)22-11-7-9-21-8-5-6-10-23(21)22/h5-18,24H,1-4H3/t17-,18+/m0/s1. The van der Waals surface area contributed by atoms with Gasteiger partial charge in [0.1, 0.15) is 0 Å². The molecule has 0 aliphatic heterocycles. The maximum atomic E-state index is 3.75. The van der Waals surface area contributed by atoms with Gasteiger partial charge in [-0.25, -0.2) is 0 Å². The average molecular weight is 317 g/mol. The van der Waals surface area contributed by atoms with Gasteiger partial charge in [-0.15, -0.1) is 0 Å². The highest BCUT2D eigenvalue weighted by Gasteiger charge is 2.13. The lowest BCUT2D eigenvalue weighted by Crippen LogP contribution is -2.22. The fourth-order valence-corrected chi connectivity index (χ4v) is 3.36. The van der Waals surface area contributed by atoms with E-state index in [-0.39, 0.29) is 0 Å². The zero-order chi connectivity index (χ0) is 17.1. The Balaban J connectivity index is 1.79. The molecule has 1 heteroatoms. The fourth-order valence-electron chi connectivity index (χ4n) is 3.36. The van der Waals surface area contributed by atoms with E-state index >= 15 is 0 Å². The summed E-state index contributed by atoms with van der Waals surface area (Å²) >= 11 is 0. The Morgan fingerprint density at radius 3 is 1.96 bits per heavy atom. The third kappa shape index (κ3) is 3.52. The summed E-state index contributed by atoms with van der Waals surface area (Å²) in [4.78, 5) is 0. The van der Waals surface area contributed by atoms with Crippen molar-refractivity contribution in [2.24, 2.45) is 0 Å². The largest absolute Gasteiger partial charge is 0.304 e. The first-order chi connectivity index (χ1) is 11.6. The lowest BCUT2D eigenvalue weighted by Gasteiger charge is -2.22. The molecule has 3 rings (SSSR count). The van der Waals surface area contributed by atoms with Crippen LogP contribution >= 0.6 is 0 Å². The highest BCUT2D eigenvalue weighted by molar-refractivity contribution is 5.86. The number of nitrogens with one attached hydrogen (secondary N) is 1. The molecule has 124 valence electrons. The molecule has 24 heavy (non-hydrogen) atoms. The van der Waals surface area contributed by atoms with Gasteiger partial charge in [-0.3, -0.25) is 0 Å². The minimum Gasteiger partial charge on any atom is -0.304 e. The molecule has 0 aliphatic carbocycles. The van der Waals surface area contributed by atoms with Crippen LogP contribution in [0.5, 0.6) is 0 Å². The van der Waals surface area contributed by atoms with Crippen LogP contribution in [0.3, 0.4) is 0 Å². The summed E-state index contributed by atoms with van der Waals surface area (Å²) < 4.78 is 0. The van der Waals surface area contributed by atoms with E-state index in [0.29, 0.717) is 18.0 Å². The van der Waals surface area contributed by atoms with Crippen molar-refractivity contribution >= 4 is 10.8 Å². The maximum Gasteiger partial charge on any atom is 0.0303 e. The Labute approximate surface area is 145 Å². The van der Waals surface area contributed by atoms with E-state index in [1.54, 1.807) is 0 Å². The molecule has 0 saturated heterocycles. The second-order valence-corrected chi connectivity index (χ2v) is 7.00. The van der Waals surface area contributed by atoms with Gasteiger partial charge < -0.3 is 5.32 Å². The maximum absolute atomic E-state index is 3.75. The van der Waals surface area contributed by atoms with Crippen LogP contribution in [-0.4, -0.2) is 0 Å². The van der Waals surface area contributed by atoms with E-state index in [0.717, 1.165) is 0 Å². The van der Waals surface area contributed by atoms with Gasteiger partial charge in [-0.2, -0.15) is 0 Å². The molecule has 0 saturated carbocycles. The summed E-state index contributed by atoms with van der Waals surface area (Å²) in [7, 11) is 0. The van der Waals surface area contributed by atoms with Gasteiger partial charge in [0.05, 0.1) is 0 Å². The molecule has 0 aliphatic rings. The van der Waals surface area contributed by atoms with Crippen molar-refractivity contribution in [2.45, 2.75) is 45.7 Å². The van der Waals surface area contributed by atoms with Crippen molar-refractivity contribution in [3.8, 4) is 0 Å². The van der Waals surface area contributed by atoms with Gasteiger partial charge in [0, 0.05) is 12.1 Å². The molecule has 0 radical (unpaired) electrons. The fraction of sp³-hybridized carbons (Fsp3) is 0.304. The SMILES string of the molecule is CC(C)c1ccc([C@H](C)N[C@H](C)c2cccc3ccccc23)cc1. The first kappa shape index (κ1) is 16.7. The quantitative estimate of drug-likeness (QED) is 0.576. The van der Waals surface area contributed by atoms with Gasteiger partial charge >= 0.3 is 0 Å². The van der Waals surface area contributed by atoms with E-state index < -0.39 is 0 Å². The lowest BCUT2D eigenvalue weighted by molar-refractivity contribution is 0.497. The van der Waals surface area contributed by atoms with Crippen LogP contribution in [0.15, 0.2) is 66.7 Å². The highest BCUT2D eigenvalue weighted by Crippen LogP contribution is 2.27. The molecule has 3 aromatic carbocycles. The molecular formula is C23H27N. The van der Waals surface area contributed by atoms with E-state index in [2.05, 4.69) is 99.7 Å². The molecule has 3 aromatic rings. The second-order valence-electron chi connectivity index (χ2n) is 7.00. The lowest BCUT2D eigenvalue weighted by atomic mass is 9.97. The van der Waals surface area contributed by atoms with Crippen LogP contribution in [0.25, 0.3) is 10.8 Å². The monoisotopic (exact) mass is 317 g/mol. The molecule has 2 atom stereocenters. The van der Waals surface area contributed by atoms with Crippen molar-refractivity contribution in [2.75, 3.05) is 0 Å². The molecule has 1 N–H and O–H groups in total. The predicted molar refractivity (Wildman–Crippen MR) is 104 cm³/mol. The van der Waals surface area contributed by atoms with Crippen LogP contribution in [-0.2, 0) is 0 Å².